The highest BCUT2D eigenvalue weighted by Crippen LogP contribution is 2.51. The van der Waals surface area contributed by atoms with Crippen LogP contribution in [-0.2, 0) is 14.2 Å². The van der Waals surface area contributed by atoms with Crippen molar-refractivity contribution in [1.82, 2.24) is 59.9 Å². The number of benzene rings is 4. The number of aromatic nitrogens is 8. The van der Waals surface area contributed by atoms with E-state index in [1.54, 1.807) is 86.4 Å². The van der Waals surface area contributed by atoms with Crippen molar-refractivity contribution in [3.8, 4) is 0 Å². The van der Waals surface area contributed by atoms with E-state index in [-0.39, 0.29) is 68.9 Å². The smallest absolute Gasteiger partial charge is 0.411 e. The number of nitrogen functional groups attached to an aromatic ring is 1. The highest BCUT2D eigenvalue weighted by Gasteiger charge is 2.48. The number of anilines is 7. The summed E-state index contributed by atoms with van der Waals surface area (Å²) in [6.07, 6.45) is 11.5. The summed E-state index contributed by atoms with van der Waals surface area (Å²) in [5.74, 6) is -5.15. The summed E-state index contributed by atoms with van der Waals surface area (Å²) in [4.78, 5) is 84.5. The fourth-order valence-corrected chi connectivity index (χ4v) is 24.8. The Labute approximate surface area is 802 Å². The third kappa shape index (κ3) is 19.4. The van der Waals surface area contributed by atoms with Crippen LogP contribution in [0.5, 0.6) is 0 Å². The van der Waals surface area contributed by atoms with Crippen LogP contribution < -0.4 is 27.0 Å². The molecule has 3 amide bonds. The molecule has 16 heterocycles. The first-order valence-electron chi connectivity index (χ1n) is 42.4. The maximum absolute atomic E-state index is 15.0. The lowest BCUT2D eigenvalue weighted by Crippen LogP contribution is -2.47. The Hall–Kier alpha value is -10.9. The SMILES string of the molecule is CC(C)(C)OC(=O)N1CC=C(c2cc3c(Cl)ccnc3s2)C1(C)C.CC(C)(C)OC(=O)N1CC=C(c2cc3c(Nc4c(F)cc5scnc5c4F)ccnc3s2)C1(C)C.CC(C)(C)OC(=O)N1CCC(c2cc3c(Nc4c(F)cc5scnc5c4F)ccnc3s2)C1(C)C.CC1(C)NCCC1c1cc2c(Nc3c(F)cc4scnc4c3F)ccnc2s1.Nc1c(F)cc2scnc2c1F. The highest BCUT2D eigenvalue weighted by molar-refractivity contribution is 7.21. The lowest BCUT2D eigenvalue weighted by molar-refractivity contribution is 0.0115. The number of carbonyl (C=O) groups is 3. The zero-order chi connectivity index (χ0) is 96.1. The van der Waals surface area contributed by atoms with E-state index >= 15 is 8.78 Å². The number of fused-ring (bicyclic) bond motifs is 8. The molecule has 134 heavy (non-hydrogen) atoms. The number of pyridine rings is 4. The molecule has 0 radical (unpaired) electrons. The maximum Gasteiger partial charge on any atom is 0.411 e. The number of ether oxygens (including phenoxy) is 3. The highest BCUT2D eigenvalue weighted by atomic mass is 35.5. The zero-order valence-electron chi connectivity index (χ0n) is 75.7. The molecular formula is C95H93ClF8N16O6S8. The summed E-state index contributed by atoms with van der Waals surface area (Å²) in [5.41, 5.74) is 11.2. The molecule has 16 aromatic rings. The molecule has 2 saturated heterocycles. The minimum Gasteiger partial charge on any atom is -0.444 e. The molecule has 0 bridgehead atoms. The molecule has 2 fully saturated rings. The van der Waals surface area contributed by atoms with Crippen LogP contribution >= 0.6 is 102 Å². The molecule has 4 aliphatic rings. The van der Waals surface area contributed by atoms with Gasteiger partial charge in [-0.2, -0.15) is 0 Å². The number of carbonyl (C=O) groups excluding carboxylic acids is 3. The normalized spacial score (nSPS) is 16.8. The fourth-order valence-electron chi connectivity index (χ4n) is 16.6. The summed E-state index contributed by atoms with van der Waals surface area (Å²) in [7, 11) is 0. The molecule has 2 unspecified atom stereocenters. The monoisotopic (exact) mass is 2000 g/mol. The van der Waals surface area contributed by atoms with Crippen LogP contribution in [0.15, 0.2) is 132 Å². The van der Waals surface area contributed by atoms with E-state index < -0.39 is 85.6 Å². The minimum absolute atomic E-state index is 0.0162. The standard InChI is InChI=1S/C25H26F2N4O2S2.C25H24F2N4O2S2.C20H18F2N4S2.C18H21ClN2O2S.C7H4F2N2S/c2*1-24(2,3)33-23(32)31-9-7-14(25(31,4)5)17-10-13-16(6-8-28-22(13)35-17)30-20-15(26)11-18-21(19(20)27)29-12-34-18;1-20(2)11(3-6-25-20)14-7-10-13(4-5-23-19(10)28-14)26-17-12(21)8-15-18(16(17)22)24-9-27-15;1-17(2,3)23-16(22)21-9-7-12(18(21,4)5)14-10-11-13(19)6-8-20-15(11)24-14;8-3-1-4-7(11-2-12-4)5(9)6(3)10/h6,8,10-12,14H,7,9H2,1-5H3,(H,28,30);6-8,10-12H,9H2,1-5H3,(H,28,30);4-5,7-9,11,25H,3,6H2,1-2H3,(H,23,26);6-8,10H,9H2,1-5H3;1-2H,10H2. The molecule has 22 nitrogen and oxygen atoms in total. The second kappa shape index (κ2) is 36.9. The number of thiazole rings is 4. The molecule has 0 spiro atoms. The van der Waals surface area contributed by atoms with Crippen LogP contribution in [-0.4, -0.2) is 138 Å². The van der Waals surface area contributed by atoms with E-state index in [1.165, 1.54) is 119 Å². The predicted octanol–water partition coefficient (Wildman–Crippen LogP) is 28.1. The number of nitrogens with one attached hydrogen (secondary N) is 4. The van der Waals surface area contributed by atoms with Crippen molar-refractivity contribution in [2.24, 2.45) is 0 Å². The van der Waals surface area contributed by atoms with Crippen LogP contribution in [0.1, 0.15) is 162 Å². The van der Waals surface area contributed by atoms with Crippen molar-refractivity contribution in [3.05, 3.63) is 203 Å². The molecule has 0 aliphatic carbocycles. The number of amides is 3. The van der Waals surface area contributed by atoms with Gasteiger partial charge in [0.15, 0.2) is 46.5 Å². The van der Waals surface area contributed by atoms with Gasteiger partial charge in [-0.3, -0.25) is 9.80 Å². The first-order valence-corrected chi connectivity index (χ1v) is 49.6. The Bertz CT molecular complexity index is 7320. The second-order valence-electron chi connectivity index (χ2n) is 37.3. The average molecular weight is 2000 g/mol. The number of rotatable bonds is 10. The summed E-state index contributed by atoms with van der Waals surface area (Å²) >= 11 is 17.3. The Kier molecular flexibility index (Phi) is 26.5. The molecule has 6 N–H and O–H groups in total. The summed E-state index contributed by atoms with van der Waals surface area (Å²) < 4.78 is 133. The van der Waals surface area contributed by atoms with Gasteiger partial charge < -0.3 is 46.1 Å². The maximum atomic E-state index is 15.0. The Morgan fingerprint density at radius 1 is 0.440 bits per heavy atom. The van der Waals surface area contributed by atoms with Crippen molar-refractivity contribution in [2.45, 2.75) is 181 Å². The van der Waals surface area contributed by atoms with Gasteiger partial charge in [0.25, 0.3) is 0 Å². The summed E-state index contributed by atoms with van der Waals surface area (Å²) in [5, 5.41) is 16.4. The molecule has 4 aliphatic heterocycles. The molecule has 20 rings (SSSR count). The molecule has 12 aromatic heterocycles. The fraction of sp³-hybridized carbons (Fsp3) is 0.337. The first kappa shape index (κ1) is 96.2. The van der Waals surface area contributed by atoms with E-state index in [2.05, 4.69) is 93.2 Å². The molecule has 4 aromatic carbocycles. The number of hydrogen-bond acceptors (Lipinski definition) is 27. The van der Waals surface area contributed by atoms with Gasteiger partial charge in [0.1, 0.15) is 80.9 Å². The van der Waals surface area contributed by atoms with Gasteiger partial charge in [-0.25, -0.2) is 89.4 Å². The number of nitrogens with two attached hydrogens (primary N) is 1. The van der Waals surface area contributed by atoms with Gasteiger partial charge in [-0.15, -0.1) is 90.7 Å². The van der Waals surface area contributed by atoms with Crippen LogP contribution in [0.25, 0.3) is 92.9 Å². The van der Waals surface area contributed by atoms with Gasteiger partial charge in [0.2, 0.25) is 0 Å². The van der Waals surface area contributed by atoms with E-state index in [0.29, 0.717) is 71.3 Å². The van der Waals surface area contributed by atoms with Gasteiger partial charge in [0.05, 0.1) is 74.0 Å². The van der Waals surface area contributed by atoms with Crippen molar-refractivity contribution in [2.75, 3.05) is 47.9 Å². The Morgan fingerprint density at radius 3 is 1.16 bits per heavy atom. The van der Waals surface area contributed by atoms with Crippen LogP contribution in [0, 0.1) is 46.5 Å². The van der Waals surface area contributed by atoms with Gasteiger partial charge >= 0.3 is 18.3 Å². The third-order valence-corrected chi connectivity index (χ3v) is 31.3. The zero-order valence-corrected chi connectivity index (χ0v) is 83.0. The van der Waals surface area contributed by atoms with E-state index in [4.69, 9.17) is 31.5 Å². The molecular weight excluding hydrogens is 1910 g/mol. The van der Waals surface area contributed by atoms with E-state index in [1.807, 2.05) is 122 Å². The average Bonchev–Trinajstić information content (AvgIpc) is 1.60. The van der Waals surface area contributed by atoms with E-state index in [0.717, 1.165) is 81.2 Å². The van der Waals surface area contributed by atoms with Crippen LogP contribution in [0.2, 0.25) is 5.02 Å². The Balaban J connectivity index is 0.000000126. The lowest BCUT2D eigenvalue weighted by Gasteiger charge is -2.36. The van der Waals surface area contributed by atoms with Crippen LogP contribution in [0.3, 0.4) is 0 Å². The quantitative estimate of drug-likeness (QED) is 0.0484. The Morgan fingerprint density at radius 2 is 0.784 bits per heavy atom. The lowest BCUT2D eigenvalue weighted by atomic mass is 9.87. The largest absolute Gasteiger partial charge is 0.444 e. The van der Waals surface area contributed by atoms with Crippen molar-refractivity contribution in [3.63, 3.8) is 0 Å². The topological polar surface area (TPSA) is 266 Å². The third-order valence-electron chi connectivity index (χ3n) is 23.4. The van der Waals surface area contributed by atoms with Gasteiger partial charge in [-0.05, 0) is 221 Å². The number of likely N-dealkylation sites (tertiary alicyclic amines) is 1. The second-order valence-corrected chi connectivity index (χ2v) is 45.5. The number of halogens is 9. The van der Waals surface area contributed by atoms with Gasteiger partial charge in [0, 0.05) is 108 Å². The molecule has 39 heteroatoms. The molecule has 0 saturated carbocycles. The predicted molar refractivity (Wildman–Crippen MR) is 530 cm³/mol. The van der Waals surface area contributed by atoms with Crippen LogP contribution in [0.4, 0.5) is 89.3 Å². The van der Waals surface area contributed by atoms with Crippen molar-refractivity contribution >= 4 is 253 Å². The van der Waals surface area contributed by atoms with Crippen molar-refractivity contribution < 1.29 is 63.7 Å². The van der Waals surface area contributed by atoms with E-state index in [9.17, 15) is 40.7 Å². The summed E-state index contributed by atoms with van der Waals surface area (Å²) in [6.45, 7) is 35.8. The van der Waals surface area contributed by atoms with Gasteiger partial charge in [-0.1, -0.05) is 23.8 Å². The van der Waals surface area contributed by atoms with Crippen molar-refractivity contribution in [1.29, 1.82) is 0 Å². The number of nitrogens with zero attached hydrogens (tertiary/aromatic N) is 11. The molecule has 2 atom stereocenters. The molecule has 700 valence electrons. The number of hydrogen-bond donors (Lipinski definition) is 5. The minimum atomic E-state index is -0.772. The first-order chi connectivity index (χ1) is 63.1. The number of thiophene rings is 4. The summed E-state index contributed by atoms with van der Waals surface area (Å²) in [6, 6.07) is 20.1.